The second kappa shape index (κ2) is 14.0. The van der Waals surface area contributed by atoms with Gasteiger partial charge in [-0.15, -0.1) is 0 Å². The molecular formula is C27H40N4O4. The molecule has 1 unspecified atom stereocenters. The molecule has 35 heavy (non-hydrogen) atoms. The highest BCUT2D eigenvalue weighted by molar-refractivity contribution is 6.25. The third kappa shape index (κ3) is 7.37. The fraction of sp³-hybridized carbons (Fsp3) is 0.630. The summed E-state index contributed by atoms with van der Waals surface area (Å²) in [5.41, 5.74) is 6.78. The molecule has 1 atom stereocenters. The van der Waals surface area contributed by atoms with Gasteiger partial charge in [-0.05, 0) is 37.9 Å². The van der Waals surface area contributed by atoms with E-state index in [1.54, 1.807) is 18.2 Å². The van der Waals surface area contributed by atoms with E-state index in [0.717, 1.165) is 37.3 Å². The van der Waals surface area contributed by atoms with E-state index in [-0.39, 0.29) is 18.7 Å². The lowest BCUT2D eigenvalue weighted by Gasteiger charge is -2.27. The minimum Gasteiger partial charge on any atom is -0.384 e. The number of fused-ring (bicyclic) bond motifs is 1. The highest BCUT2D eigenvalue weighted by Gasteiger charge is 2.45. The molecule has 3 rings (SSSR count). The molecule has 0 saturated carbocycles. The Kier molecular flexibility index (Phi) is 10.7. The summed E-state index contributed by atoms with van der Waals surface area (Å²) in [4.78, 5) is 50.7. The molecule has 0 radical (unpaired) electrons. The zero-order valence-corrected chi connectivity index (χ0v) is 20.8. The van der Waals surface area contributed by atoms with Crippen molar-refractivity contribution in [2.45, 2.75) is 95.9 Å². The average molecular weight is 485 g/mol. The van der Waals surface area contributed by atoms with E-state index < -0.39 is 23.8 Å². The van der Waals surface area contributed by atoms with Crippen molar-refractivity contribution >= 4 is 29.3 Å². The highest BCUT2D eigenvalue weighted by Crippen LogP contribution is 2.32. The standard InChI is InChI=1S/C27H40N4O4/c28-18-11-9-7-5-3-1-2-4-6-8-10-12-19-29-21-15-13-14-20-24(21)27(35)31(26(20)34)22-16-17-23(32)30-25(22)33/h13-15,22,29H,1-12,16-19,28H2,(H,30,32,33). The number of benzene rings is 1. The number of piperidine rings is 1. The van der Waals surface area contributed by atoms with Crippen molar-refractivity contribution in [3.63, 3.8) is 0 Å². The number of nitrogens with two attached hydrogens (primary N) is 1. The number of imide groups is 2. The number of nitrogens with zero attached hydrogens (tertiary/aromatic N) is 1. The molecule has 4 amide bonds. The zero-order valence-electron chi connectivity index (χ0n) is 20.8. The normalized spacial score (nSPS) is 17.6. The van der Waals surface area contributed by atoms with Crippen molar-refractivity contribution < 1.29 is 19.2 Å². The highest BCUT2D eigenvalue weighted by atomic mass is 16.2. The lowest BCUT2D eigenvalue weighted by Crippen LogP contribution is -2.54. The Hall–Kier alpha value is -2.74. The number of hydrogen-bond donors (Lipinski definition) is 3. The second-order valence-electron chi connectivity index (χ2n) is 9.63. The molecular weight excluding hydrogens is 444 g/mol. The van der Waals surface area contributed by atoms with E-state index >= 15 is 0 Å². The molecule has 2 aliphatic rings. The van der Waals surface area contributed by atoms with Gasteiger partial charge >= 0.3 is 0 Å². The van der Waals surface area contributed by atoms with Crippen LogP contribution >= 0.6 is 0 Å². The van der Waals surface area contributed by atoms with Gasteiger partial charge in [0.15, 0.2) is 0 Å². The smallest absolute Gasteiger partial charge is 0.264 e. The lowest BCUT2D eigenvalue weighted by molar-refractivity contribution is -0.136. The van der Waals surface area contributed by atoms with Crippen LogP contribution in [0.5, 0.6) is 0 Å². The van der Waals surface area contributed by atoms with Crippen LogP contribution in [0, 0.1) is 0 Å². The molecule has 1 saturated heterocycles. The summed E-state index contributed by atoms with van der Waals surface area (Å²) in [7, 11) is 0. The number of carbonyl (C=O) groups excluding carboxylic acids is 4. The lowest BCUT2D eigenvalue weighted by atomic mass is 10.0. The van der Waals surface area contributed by atoms with Gasteiger partial charge < -0.3 is 11.1 Å². The predicted octanol–water partition coefficient (Wildman–Crippen LogP) is 4.14. The molecule has 8 nitrogen and oxygen atoms in total. The van der Waals surface area contributed by atoms with Crippen LogP contribution in [0.2, 0.25) is 0 Å². The predicted molar refractivity (Wildman–Crippen MR) is 136 cm³/mol. The summed E-state index contributed by atoms with van der Waals surface area (Å²) >= 11 is 0. The van der Waals surface area contributed by atoms with Crippen molar-refractivity contribution in [2.75, 3.05) is 18.4 Å². The summed E-state index contributed by atoms with van der Waals surface area (Å²) in [6.07, 6.45) is 15.1. The van der Waals surface area contributed by atoms with Crippen LogP contribution in [-0.2, 0) is 9.59 Å². The fourth-order valence-corrected chi connectivity index (χ4v) is 4.92. The van der Waals surface area contributed by atoms with Gasteiger partial charge in [0.2, 0.25) is 11.8 Å². The van der Waals surface area contributed by atoms with Gasteiger partial charge in [-0.2, -0.15) is 0 Å². The Morgan fingerprint density at radius 2 is 1.43 bits per heavy atom. The van der Waals surface area contributed by atoms with Crippen LogP contribution in [-0.4, -0.2) is 47.7 Å². The van der Waals surface area contributed by atoms with Crippen molar-refractivity contribution in [3.8, 4) is 0 Å². The maximum atomic E-state index is 13.1. The maximum Gasteiger partial charge on any atom is 0.264 e. The van der Waals surface area contributed by atoms with Crippen LogP contribution in [0.4, 0.5) is 5.69 Å². The van der Waals surface area contributed by atoms with Gasteiger partial charge in [0.1, 0.15) is 6.04 Å². The number of carbonyl (C=O) groups is 4. The number of nitrogens with one attached hydrogen (secondary N) is 2. The van der Waals surface area contributed by atoms with Crippen LogP contribution in [0.1, 0.15) is 111 Å². The van der Waals surface area contributed by atoms with Crippen molar-refractivity contribution in [1.82, 2.24) is 10.2 Å². The van der Waals surface area contributed by atoms with Crippen molar-refractivity contribution in [3.05, 3.63) is 29.3 Å². The minimum atomic E-state index is -0.941. The molecule has 0 aliphatic carbocycles. The molecule has 0 aromatic heterocycles. The summed E-state index contributed by atoms with van der Waals surface area (Å²) < 4.78 is 0. The summed E-state index contributed by atoms with van der Waals surface area (Å²) in [5.74, 6) is -1.91. The van der Waals surface area contributed by atoms with E-state index in [2.05, 4.69) is 10.6 Å². The van der Waals surface area contributed by atoms with Gasteiger partial charge in [0.05, 0.1) is 11.1 Å². The second-order valence-corrected chi connectivity index (χ2v) is 9.63. The summed E-state index contributed by atoms with van der Waals surface area (Å²) in [6.45, 7) is 1.53. The van der Waals surface area contributed by atoms with Crippen LogP contribution in [0.3, 0.4) is 0 Å². The van der Waals surface area contributed by atoms with Crippen LogP contribution in [0.25, 0.3) is 0 Å². The third-order valence-electron chi connectivity index (χ3n) is 6.91. The van der Waals surface area contributed by atoms with Gasteiger partial charge in [-0.25, -0.2) is 0 Å². The van der Waals surface area contributed by atoms with Gasteiger partial charge in [-0.3, -0.25) is 29.4 Å². The molecule has 0 spiro atoms. The maximum absolute atomic E-state index is 13.1. The van der Waals surface area contributed by atoms with Crippen LogP contribution in [0.15, 0.2) is 18.2 Å². The molecule has 192 valence electrons. The SMILES string of the molecule is NCCCCCCCCCCCCCCNc1cccc2c1C(=O)N(C1CCC(=O)NC1=O)C2=O. The molecule has 0 bridgehead atoms. The van der Waals surface area contributed by atoms with E-state index in [4.69, 9.17) is 5.73 Å². The minimum absolute atomic E-state index is 0.115. The van der Waals surface area contributed by atoms with E-state index in [1.165, 1.54) is 57.8 Å². The van der Waals surface area contributed by atoms with Crippen molar-refractivity contribution in [1.29, 1.82) is 0 Å². The molecule has 2 heterocycles. The van der Waals surface area contributed by atoms with Gasteiger partial charge in [0, 0.05) is 18.7 Å². The molecule has 4 N–H and O–H groups in total. The topological polar surface area (TPSA) is 122 Å². The average Bonchev–Trinajstić information content (AvgIpc) is 3.10. The van der Waals surface area contributed by atoms with Crippen molar-refractivity contribution in [2.24, 2.45) is 5.73 Å². The Balaban J connectivity index is 1.35. The zero-order chi connectivity index (χ0) is 25.0. The molecule has 1 fully saturated rings. The first-order chi connectivity index (χ1) is 17.0. The summed E-state index contributed by atoms with van der Waals surface area (Å²) in [6, 6.07) is 4.23. The Labute approximate surface area is 208 Å². The van der Waals surface area contributed by atoms with Crippen LogP contribution < -0.4 is 16.4 Å². The molecule has 1 aromatic carbocycles. The summed E-state index contributed by atoms with van der Waals surface area (Å²) in [5, 5.41) is 5.54. The molecule has 2 aliphatic heterocycles. The van der Waals surface area contributed by atoms with E-state index in [1.807, 2.05) is 0 Å². The Morgan fingerprint density at radius 3 is 2.03 bits per heavy atom. The molecule has 8 heteroatoms. The number of unbranched alkanes of at least 4 members (excludes halogenated alkanes) is 11. The number of amides is 4. The third-order valence-corrected chi connectivity index (χ3v) is 6.91. The number of rotatable bonds is 16. The monoisotopic (exact) mass is 484 g/mol. The van der Waals surface area contributed by atoms with Gasteiger partial charge in [-0.1, -0.05) is 70.3 Å². The first kappa shape index (κ1) is 26.9. The first-order valence-corrected chi connectivity index (χ1v) is 13.3. The largest absolute Gasteiger partial charge is 0.384 e. The van der Waals surface area contributed by atoms with E-state index in [0.29, 0.717) is 16.8 Å². The Bertz CT molecular complexity index is 901. The fourth-order valence-electron chi connectivity index (χ4n) is 4.92. The van der Waals surface area contributed by atoms with Gasteiger partial charge in [0.25, 0.3) is 11.8 Å². The quantitative estimate of drug-likeness (QED) is 0.239. The number of hydrogen-bond acceptors (Lipinski definition) is 6. The number of anilines is 1. The Morgan fingerprint density at radius 1 is 0.829 bits per heavy atom. The van der Waals surface area contributed by atoms with E-state index in [9.17, 15) is 19.2 Å². The first-order valence-electron chi connectivity index (χ1n) is 13.3. The molecule has 1 aromatic rings.